The average Bonchev–Trinajstić information content (AvgIpc) is 3.18. The Morgan fingerprint density at radius 3 is 2.69 bits per heavy atom. The van der Waals surface area contributed by atoms with Gasteiger partial charge in [-0.25, -0.2) is 9.18 Å². The number of piperidine rings is 1. The molecule has 0 aliphatic carbocycles. The number of ether oxygens (including phenoxy) is 1. The van der Waals surface area contributed by atoms with Gasteiger partial charge in [0.25, 0.3) is 0 Å². The zero-order valence-electron chi connectivity index (χ0n) is 18.3. The highest BCUT2D eigenvalue weighted by Gasteiger charge is 2.33. The van der Waals surface area contributed by atoms with E-state index >= 15 is 4.39 Å². The van der Waals surface area contributed by atoms with Crippen LogP contribution in [0.3, 0.4) is 0 Å². The number of anilines is 2. The van der Waals surface area contributed by atoms with E-state index in [1.807, 2.05) is 4.90 Å². The molecular formula is C22H30FN5O2S2. The van der Waals surface area contributed by atoms with Crippen LogP contribution in [0.25, 0.3) is 0 Å². The number of thiocarbonyl (C=S) groups is 2. The molecule has 4 rings (SSSR count). The Kier molecular flexibility index (Phi) is 7.42. The van der Waals surface area contributed by atoms with Crippen LogP contribution < -0.4 is 20.4 Å². The maximum Gasteiger partial charge on any atom is 0.414 e. The Hall–Kier alpha value is -2.04. The summed E-state index contributed by atoms with van der Waals surface area (Å²) in [6, 6.07) is 5.23. The fourth-order valence-electron chi connectivity index (χ4n) is 4.47. The van der Waals surface area contributed by atoms with E-state index in [4.69, 9.17) is 29.2 Å². The third kappa shape index (κ3) is 5.29. The predicted molar refractivity (Wildman–Crippen MR) is 132 cm³/mol. The molecule has 1 amide bonds. The lowest BCUT2D eigenvalue weighted by Crippen LogP contribution is -2.54. The van der Waals surface area contributed by atoms with Crippen LogP contribution in [0.2, 0.25) is 0 Å². The van der Waals surface area contributed by atoms with Crippen LogP contribution in [0.1, 0.15) is 26.2 Å². The van der Waals surface area contributed by atoms with E-state index in [1.54, 1.807) is 19.1 Å². The fourth-order valence-corrected chi connectivity index (χ4v) is 4.93. The molecule has 1 unspecified atom stereocenters. The Morgan fingerprint density at radius 2 is 2.03 bits per heavy atom. The van der Waals surface area contributed by atoms with E-state index < -0.39 is 6.09 Å². The second kappa shape index (κ2) is 10.3. The highest BCUT2D eigenvalue weighted by molar-refractivity contribution is 7.80. The van der Waals surface area contributed by atoms with Crippen molar-refractivity contribution in [2.24, 2.45) is 0 Å². The maximum absolute atomic E-state index is 15.0. The van der Waals surface area contributed by atoms with Crippen LogP contribution in [-0.2, 0) is 4.74 Å². The first-order valence-electron chi connectivity index (χ1n) is 11.2. The third-order valence-electron chi connectivity index (χ3n) is 6.24. The van der Waals surface area contributed by atoms with E-state index in [9.17, 15) is 4.79 Å². The summed E-state index contributed by atoms with van der Waals surface area (Å²) in [5.74, 6) is -0.336. The largest absolute Gasteiger partial charge is 0.442 e. The zero-order chi connectivity index (χ0) is 22.7. The molecule has 0 radical (unpaired) electrons. The van der Waals surface area contributed by atoms with Gasteiger partial charge in [-0.2, -0.15) is 0 Å². The second-order valence-electron chi connectivity index (χ2n) is 8.50. The summed E-state index contributed by atoms with van der Waals surface area (Å²) in [7, 11) is 0. The van der Waals surface area contributed by atoms with Crippen molar-refractivity contribution in [3.63, 3.8) is 0 Å². The normalized spacial score (nSPS) is 23.8. The molecule has 3 fully saturated rings. The summed E-state index contributed by atoms with van der Waals surface area (Å²) in [4.78, 5) is 19.6. The smallest absolute Gasteiger partial charge is 0.414 e. The SMILES string of the molecule is CC(=S)NC[C@H]1CN(c2ccc(N3CCN(C(=S)C4CCCCN4)CC3)c(F)c2)C(=O)O1. The van der Waals surface area contributed by atoms with E-state index in [2.05, 4.69) is 15.5 Å². The molecule has 1 aromatic rings. The number of nitrogens with zero attached hydrogens (tertiary/aromatic N) is 3. The molecule has 7 nitrogen and oxygen atoms in total. The van der Waals surface area contributed by atoms with E-state index in [0.717, 1.165) is 31.0 Å². The van der Waals surface area contributed by atoms with Gasteiger partial charge in [0.15, 0.2) is 0 Å². The van der Waals surface area contributed by atoms with E-state index in [1.165, 1.54) is 23.8 Å². The molecule has 0 spiro atoms. The number of hydrogen-bond acceptors (Lipinski definition) is 6. The number of piperazine rings is 1. The van der Waals surface area contributed by atoms with Gasteiger partial charge in [0.05, 0.1) is 40.5 Å². The van der Waals surface area contributed by atoms with Gasteiger partial charge in [-0.15, -0.1) is 0 Å². The van der Waals surface area contributed by atoms with Crippen molar-refractivity contribution >= 4 is 51.9 Å². The fraction of sp³-hybridized carbons (Fsp3) is 0.591. The minimum absolute atomic E-state index is 0.286. The monoisotopic (exact) mass is 479 g/mol. The van der Waals surface area contributed by atoms with Gasteiger partial charge in [-0.05, 0) is 44.5 Å². The minimum Gasteiger partial charge on any atom is -0.442 e. The molecule has 3 heterocycles. The summed E-state index contributed by atoms with van der Waals surface area (Å²) in [6.07, 6.45) is 2.73. The first-order valence-corrected chi connectivity index (χ1v) is 12.0. The highest BCUT2D eigenvalue weighted by Crippen LogP contribution is 2.28. The first-order chi connectivity index (χ1) is 15.4. The van der Waals surface area contributed by atoms with Gasteiger partial charge in [0, 0.05) is 26.2 Å². The number of carbonyl (C=O) groups excluding carboxylic acids is 1. The highest BCUT2D eigenvalue weighted by atomic mass is 32.1. The standard InChI is InChI=1S/C22H30FN5O2S2/c1-15(31)25-13-17-14-28(22(29)30-17)16-5-6-20(18(23)12-16)26-8-10-27(11-9-26)21(32)19-4-2-3-7-24-19/h5-6,12,17,19,24H,2-4,7-11,13-14H2,1H3,(H,25,31)/t17-,19?/m0/s1. The minimum atomic E-state index is -0.468. The summed E-state index contributed by atoms with van der Waals surface area (Å²) < 4.78 is 20.4. The number of benzene rings is 1. The van der Waals surface area contributed by atoms with Crippen LogP contribution in [0, 0.1) is 5.82 Å². The van der Waals surface area contributed by atoms with Crippen LogP contribution in [0.4, 0.5) is 20.6 Å². The van der Waals surface area contributed by atoms with Crippen molar-refractivity contribution in [2.75, 3.05) is 55.6 Å². The van der Waals surface area contributed by atoms with Crippen LogP contribution in [0.15, 0.2) is 18.2 Å². The van der Waals surface area contributed by atoms with Gasteiger partial charge in [-0.3, -0.25) is 4.90 Å². The van der Waals surface area contributed by atoms with Gasteiger partial charge in [0.2, 0.25) is 0 Å². The molecule has 1 aromatic carbocycles. The maximum atomic E-state index is 15.0. The Morgan fingerprint density at radius 1 is 1.25 bits per heavy atom. The zero-order valence-corrected chi connectivity index (χ0v) is 19.9. The third-order valence-corrected chi connectivity index (χ3v) is 6.92. The van der Waals surface area contributed by atoms with E-state index in [0.29, 0.717) is 42.5 Å². The molecule has 3 aliphatic rings. The van der Waals surface area contributed by atoms with Crippen molar-refractivity contribution in [1.82, 2.24) is 15.5 Å². The second-order valence-corrected chi connectivity index (χ2v) is 9.53. The molecule has 0 bridgehead atoms. The Balaban J connectivity index is 1.34. The lowest BCUT2D eigenvalue weighted by molar-refractivity contribution is 0.143. The number of hydrogen-bond donors (Lipinski definition) is 2. The van der Waals surface area contributed by atoms with Crippen LogP contribution >= 0.6 is 24.4 Å². The molecule has 174 valence electrons. The van der Waals surface area contributed by atoms with Crippen molar-refractivity contribution in [2.45, 2.75) is 38.3 Å². The molecule has 32 heavy (non-hydrogen) atoms. The lowest BCUT2D eigenvalue weighted by Gasteiger charge is -2.40. The molecule has 0 saturated carbocycles. The van der Waals surface area contributed by atoms with Crippen molar-refractivity contribution < 1.29 is 13.9 Å². The number of halogens is 1. The first kappa shape index (κ1) is 23.1. The number of cyclic esters (lactones) is 1. The quantitative estimate of drug-likeness (QED) is 0.626. The van der Waals surface area contributed by atoms with Crippen molar-refractivity contribution in [3.8, 4) is 0 Å². The Bertz CT molecular complexity index is 872. The number of amides is 1. The molecule has 2 atom stereocenters. The number of carbonyl (C=O) groups is 1. The summed E-state index contributed by atoms with van der Waals surface area (Å²) in [5, 5.41) is 6.52. The van der Waals surface area contributed by atoms with Crippen LogP contribution in [-0.4, -0.2) is 78.9 Å². The Labute approximate surface area is 199 Å². The van der Waals surface area contributed by atoms with Gasteiger partial charge >= 0.3 is 6.09 Å². The molecule has 2 N–H and O–H groups in total. The lowest BCUT2D eigenvalue weighted by atomic mass is 10.0. The summed E-state index contributed by atoms with van der Waals surface area (Å²) in [6.45, 7) is 6.59. The number of rotatable bonds is 5. The van der Waals surface area contributed by atoms with Gasteiger partial charge < -0.3 is 25.2 Å². The molecule has 10 heteroatoms. The van der Waals surface area contributed by atoms with E-state index in [-0.39, 0.29) is 18.0 Å². The molecular weight excluding hydrogens is 449 g/mol. The topological polar surface area (TPSA) is 60.1 Å². The molecule has 3 saturated heterocycles. The van der Waals surface area contributed by atoms with Crippen LogP contribution in [0.5, 0.6) is 0 Å². The predicted octanol–water partition coefficient (Wildman–Crippen LogP) is 2.68. The summed E-state index contributed by atoms with van der Waals surface area (Å²) in [5.41, 5.74) is 1.05. The average molecular weight is 480 g/mol. The summed E-state index contributed by atoms with van der Waals surface area (Å²) >= 11 is 10.7. The number of nitrogens with one attached hydrogen (secondary N) is 2. The van der Waals surface area contributed by atoms with Crippen molar-refractivity contribution in [1.29, 1.82) is 0 Å². The van der Waals surface area contributed by atoms with Gasteiger partial charge in [-0.1, -0.05) is 30.9 Å². The van der Waals surface area contributed by atoms with Gasteiger partial charge in [0.1, 0.15) is 11.9 Å². The van der Waals surface area contributed by atoms with Crippen molar-refractivity contribution in [3.05, 3.63) is 24.0 Å². The molecule has 0 aromatic heterocycles. The molecule has 3 aliphatic heterocycles.